The van der Waals surface area contributed by atoms with E-state index < -0.39 is 11.7 Å². The number of Topliss-reactive ketones (excluding diaryl/α,β-unsaturated/α-hetero) is 1. The smallest absolute Gasteiger partial charge is 0.295 e. The third kappa shape index (κ3) is 3.93. The summed E-state index contributed by atoms with van der Waals surface area (Å²) in [6.45, 7) is 3.73. The molecule has 2 aromatic rings. The molecule has 1 aromatic carbocycles. The van der Waals surface area contributed by atoms with E-state index in [0.717, 1.165) is 11.9 Å². The first-order valence-electron chi connectivity index (χ1n) is 10.0. The molecule has 0 N–H and O–H groups in total. The van der Waals surface area contributed by atoms with E-state index in [1.54, 1.807) is 32.7 Å². The van der Waals surface area contributed by atoms with Crippen LogP contribution in [0.4, 0.5) is 0 Å². The van der Waals surface area contributed by atoms with Crippen LogP contribution < -0.4 is 0 Å². The Morgan fingerprint density at radius 1 is 0.933 bits per heavy atom. The van der Waals surface area contributed by atoms with Gasteiger partial charge in [-0.1, -0.05) is 18.2 Å². The van der Waals surface area contributed by atoms with Crippen LogP contribution in [0.1, 0.15) is 10.4 Å². The van der Waals surface area contributed by atoms with Crippen molar-refractivity contribution in [2.45, 2.75) is 6.54 Å². The van der Waals surface area contributed by atoms with Gasteiger partial charge in [-0.05, 0) is 6.07 Å². The number of carbonyl (C=O) groups excluding carboxylic acids is 4. The molecule has 158 valence electrons. The van der Waals surface area contributed by atoms with Crippen molar-refractivity contribution in [3.8, 4) is 0 Å². The van der Waals surface area contributed by atoms with Gasteiger partial charge in [0.2, 0.25) is 12.3 Å². The Labute approximate surface area is 173 Å². The molecule has 0 bridgehead atoms. The number of hydrogen-bond donors (Lipinski definition) is 0. The first-order chi connectivity index (χ1) is 14.6. The molecule has 2 aliphatic rings. The van der Waals surface area contributed by atoms with E-state index in [0.29, 0.717) is 63.4 Å². The summed E-state index contributed by atoms with van der Waals surface area (Å²) in [7, 11) is 0. The van der Waals surface area contributed by atoms with Crippen molar-refractivity contribution < 1.29 is 23.9 Å². The number of amides is 3. The molecule has 2 fully saturated rings. The number of fused-ring (bicyclic) bond motifs is 1. The fraction of sp³-hybridized carbons (Fsp3) is 0.429. The van der Waals surface area contributed by atoms with Crippen LogP contribution >= 0.6 is 0 Å². The molecule has 30 heavy (non-hydrogen) atoms. The second kappa shape index (κ2) is 8.66. The third-order valence-corrected chi connectivity index (χ3v) is 5.65. The Morgan fingerprint density at radius 2 is 1.63 bits per heavy atom. The quantitative estimate of drug-likeness (QED) is 0.391. The second-order valence-corrected chi connectivity index (χ2v) is 7.44. The van der Waals surface area contributed by atoms with Gasteiger partial charge >= 0.3 is 0 Å². The maximum absolute atomic E-state index is 13.0. The average Bonchev–Trinajstić information content (AvgIpc) is 3.17. The highest BCUT2D eigenvalue weighted by atomic mass is 16.5. The molecule has 2 saturated heterocycles. The molecule has 0 unspecified atom stereocenters. The van der Waals surface area contributed by atoms with Gasteiger partial charge in [0, 0.05) is 56.4 Å². The van der Waals surface area contributed by atoms with Gasteiger partial charge in [0.15, 0.2) is 0 Å². The van der Waals surface area contributed by atoms with Gasteiger partial charge in [-0.2, -0.15) is 0 Å². The molecule has 0 saturated carbocycles. The first kappa shape index (κ1) is 20.1. The minimum atomic E-state index is -0.594. The molecule has 2 aliphatic heterocycles. The van der Waals surface area contributed by atoms with Crippen molar-refractivity contribution in [1.29, 1.82) is 0 Å². The number of ketones is 1. The molecule has 4 rings (SSSR count). The van der Waals surface area contributed by atoms with Crippen LogP contribution in [0.2, 0.25) is 0 Å². The number of ether oxygens (including phenoxy) is 1. The van der Waals surface area contributed by atoms with E-state index in [-0.39, 0.29) is 12.5 Å². The highest BCUT2D eigenvalue weighted by Gasteiger charge is 2.29. The van der Waals surface area contributed by atoms with Crippen LogP contribution in [0.3, 0.4) is 0 Å². The summed E-state index contributed by atoms with van der Waals surface area (Å²) in [6.07, 6.45) is 2.35. The fourth-order valence-electron chi connectivity index (χ4n) is 3.91. The van der Waals surface area contributed by atoms with Gasteiger partial charge in [0.25, 0.3) is 11.7 Å². The number of hydrogen-bond acceptors (Lipinski definition) is 5. The van der Waals surface area contributed by atoms with Gasteiger partial charge in [0.1, 0.15) is 6.54 Å². The molecular formula is C21H24N4O5. The molecule has 3 heterocycles. The summed E-state index contributed by atoms with van der Waals surface area (Å²) in [6, 6.07) is 7.27. The predicted octanol–water partition coefficient (Wildman–Crippen LogP) is -0.0166. The van der Waals surface area contributed by atoms with E-state index in [9.17, 15) is 19.2 Å². The van der Waals surface area contributed by atoms with E-state index in [2.05, 4.69) is 0 Å². The van der Waals surface area contributed by atoms with Gasteiger partial charge in [-0.25, -0.2) is 0 Å². The maximum Gasteiger partial charge on any atom is 0.295 e. The molecule has 9 nitrogen and oxygen atoms in total. The second-order valence-electron chi connectivity index (χ2n) is 7.44. The Kier molecular flexibility index (Phi) is 5.80. The van der Waals surface area contributed by atoms with E-state index in [1.165, 1.54) is 4.90 Å². The Morgan fingerprint density at radius 3 is 2.33 bits per heavy atom. The number of carbonyl (C=O) groups is 4. The highest BCUT2D eigenvalue weighted by Crippen LogP contribution is 2.23. The molecule has 1 aromatic heterocycles. The summed E-state index contributed by atoms with van der Waals surface area (Å²) in [4.78, 5) is 54.2. The maximum atomic E-state index is 13.0. The zero-order valence-corrected chi connectivity index (χ0v) is 16.7. The summed E-state index contributed by atoms with van der Waals surface area (Å²) in [5.74, 6) is -1.22. The summed E-state index contributed by atoms with van der Waals surface area (Å²) in [5.41, 5.74) is 1.03. The van der Waals surface area contributed by atoms with E-state index in [4.69, 9.17) is 4.74 Å². The van der Waals surface area contributed by atoms with Crippen LogP contribution in [0.5, 0.6) is 0 Å². The topological polar surface area (TPSA) is 92.2 Å². The predicted molar refractivity (Wildman–Crippen MR) is 108 cm³/mol. The lowest BCUT2D eigenvalue weighted by Gasteiger charge is -2.32. The van der Waals surface area contributed by atoms with Crippen molar-refractivity contribution in [2.24, 2.45) is 0 Å². The van der Waals surface area contributed by atoms with Crippen molar-refractivity contribution >= 4 is 34.9 Å². The minimum Gasteiger partial charge on any atom is -0.378 e. The average molecular weight is 412 g/mol. The van der Waals surface area contributed by atoms with Gasteiger partial charge in [-0.3, -0.25) is 19.2 Å². The van der Waals surface area contributed by atoms with Crippen molar-refractivity contribution in [1.82, 2.24) is 19.3 Å². The molecule has 9 heteroatoms. The van der Waals surface area contributed by atoms with E-state index in [1.807, 2.05) is 12.1 Å². The monoisotopic (exact) mass is 412 g/mol. The number of rotatable bonds is 5. The van der Waals surface area contributed by atoms with Crippen LogP contribution in [0, 0.1) is 0 Å². The lowest BCUT2D eigenvalue weighted by atomic mass is 10.1. The van der Waals surface area contributed by atoms with Crippen molar-refractivity contribution in [2.75, 3.05) is 52.5 Å². The Bertz CT molecular complexity index is 971. The number of para-hydroxylation sites is 1. The normalized spacial score (nSPS) is 17.3. The number of nitrogens with zero attached hydrogens (tertiary/aromatic N) is 4. The summed E-state index contributed by atoms with van der Waals surface area (Å²) in [5, 5.41) is 0.650. The number of morpholine rings is 1. The zero-order valence-electron chi connectivity index (χ0n) is 16.7. The number of benzene rings is 1. The largest absolute Gasteiger partial charge is 0.378 e. The van der Waals surface area contributed by atoms with Crippen molar-refractivity contribution in [3.05, 3.63) is 36.0 Å². The molecule has 3 amide bonds. The Hall–Kier alpha value is -3.20. The standard InChI is InChI=1S/C21H24N4O5/c26-15-22-5-7-24(8-6-22)21(29)20(28)17-13-25(18-4-2-1-3-16(17)18)14-19(27)23-9-11-30-12-10-23/h1-4,13,15H,5-12,14H2. The van der Waals surface area contributed by atoms with E-state index >= 15 is 0 Å². The van der Waals surface area contributed by atoms with Gasteiger partial charge < -0.3 is 24.0 Å². The van der Waals surface area contributed by atoms with Crippen molar-refractivity contribution in [3.63, 3.8) is 0 Å². The van der Waals surface area contributed by atoms with Crippen LogP contribution in [0.15, 0.2) is 30.5 Å². The van der Waals surface area contributed by atoms with Crippen LogP contribution in [-0.4, -0.2) is 95.8 Å². The van der Waals surface area contributed by atoms with Crippen LogP contribution in [-0.2, 0) is 25.7 Å². The molecule has 0 atom stereocenters. The number of piperazine rings is 1. The zero-order chi connectivity index (χ0) is 21.1. The molecular weight excluding hydrogens is 388 g/mol. The summed E-state index contributed by atoms with van der Waals surface area (Å²) >= 11 is 0. The molecule has 0 spiro atoms. The fourth-order valence-corrected chi connectivity index (χ4v) is 3.91. The number of aromatic nitrogens is 1. The van der Waals surface area contributed by atoms with Crippen LogP contribution in [0.25, 0.3) is 10.9 Å². The highest BCUT2D eigenvalue weighted by molar-refractivity contribution is 6.44. The first-order valence-corrected chi connectivity index (χ1v) is 10.0. The lowest BCUT2D eigenvalue weighted by molar-refractivity contribution is -0.135. The third-order valence-electron chi connectivity index (χ3n) is 5.65. The summed E-state index contributed by atoms with van der Waals surface area (Å²) < 4.78 is 7.03. The lowest BCUT2D eigenvalue weighted by Crippen LogP contribution is -2.50. The van der Waals surface area contributed by atoms with Gasteiger partial charge in [-0.15, -0.1) is 0 Å². The van der Waals surface area contributed by atoms with Gasteiger partial charge in [0.05, 0.1) is 18.8 Å². The Balaban J connectivity index is 1.55. The minimum absolute atomic E-state index is 0.0469. The SMILES string of the molecule is O=CN1CCN(C(=O)C(=O)c2cn(CC(=O)N3CCOCC3)c3ccccc23)CC1. The molecule has 0 aliphatic carbocycles. The molecule has 0 radical (unpaired) electrons.